The molecule has 0 spiro atoms. The molecule has 0 aliphatic heterocycles. The zero-order chi connectivity index (χ0) is 21.6. The second-order valence-electron chi connectivity index (χ2n) is 7.03. The van der Waals surface area contributed by atoms with E-state index in [2.05, 4.69) is 4.98 Å². The number of carbonyl (C=O) groups is 1. The zero-order valence-electron chi connectivity index (χ0n) is 17.3. The number of hydrogen-bond donors (Lipinski definition) is 0. The summed E-state index contributed by atoms with van der Waals surface area (Å²) in [5, 5.41) is 0.350. The van der Waals surface area contributed by atoms with Crippen molar-refractivity contribution in [1.29, 1.82) is 0 Å². The van der Waals surface area contributed by atoms with Crippen molar-refractivity contribution in [2.24, 2.45) is 5.92 Å². The molecule has 0 radical (unpaired) electrons. The van der Waals surface area contributed by atoms with Crippen LogP contribution in [0.2, 0.25) is 5.02 Å². The lowest BCUT2D eigenvalue weighted by Crippen LogP contribution is -2.34. The Bertz CT molecular complexity index is 941. The average Bonchev–Trinajstić information content (AvgIpc) is 3.08. The Morgan fingerprint density at radius 1 is 1.31 bits per heavy atom. The normalized spacial score (nSPS) is 11.8. The van der Waals surface area contributed by atoms with Crippen LogP contribution in [0.1, 0.15) is 32.0 Å². The van der Waals surface area contributed by atoms with E-state index in [1.54, 1.807) is 40.8 Å². The minimum absolute atomic E-state index is 0.00691. The lowest BCUT2D eigenvalue weighted by molar-refractivity contribution is -0.134. The SMILES string of the molecule is CCN(Cc1cnc(S(=O)(=O)Cc2ccccc2Cl)n1CCOC)C(=O)C(C)C. The standard InChI is InChI=1S/C20H28ClN3O4S/c1-5-23(19(25)15(2)3)13-17-12-22-20(24(17)10-11-28-4)29(26,27)14-16-8-6-7-9-18(16)21/h6-9,12,15H,5,10-11,13-14H2,1-4H3. The van der Waals surface area contributed by atoms with E-state index in [1.165, 1.54) is 6.20 Å². The summed E-state index contributed by atoms with van der Waals surface area (Å²) in [4.78, 5) is 18.3. The Morgan fingerprint density at radius 2 is 2.00 bits per heavy atom. The third-order valence-corrected chi connectivity index (χ3v) is 6.48. The second-order valence-corrected chi connectivity index (χ2v) is 9.32. The molecule has 1 amide bonds. The maximum atomic E-state index is 13.1. The third kappa shape index (κ3) is 5.81. The maximum Gasteiger partial charge on any atom is 0.228 e. The number of nitrogens with zero attached hydrogens (tertiary/aromatic N) is 3. The minimum atomic E-state index is -3.75. The van der Waals surface area contributed by atoms with Crippen molar-refractivity contribution in [3.63, 3.8) is 0 Å². The van der Waals surface area contributed by atoms with Crippen LogP contribution in [0.3, 0.4) is 0 Å². The van der Waals surface area contributed by atoms with Crippen LogP contribution in [0.25, 0.3) is 0 Å². The average molecular weight is 442 g/mol. The summed E-state index contributed by atoms with van der Waals surface area (Å²) >= 11 is 6.14. The number of methoxy groups -OCH3 is 1. The zero-order valence-corrected chi connectivity index (χ0v) is 18.8. The van der Waals surface area contributed by atoms with E-state index in [1.807, 2.05) is 20.8 Å². The maximum absolute atomic E-state index is 13.1. The van der Waals surface area contributed by atoms with Crippen molar-refractivity contribution >= 4 is 27.3 Å². The molecule has 1 aromatic heterocycles. The van der Waals surface area contributed by atoms with Crippen LogP contribution < -0.4 is 0 Å². The summed E-state index contributed by atoms with van der Waals surface area (Å²) in [5.41, 5.74) is 1.16. The van der Waals surface area contributed by atoms with Gasteiger partial charge in [0, 0.05) is 31.1 Å². The molecule has 0 fully saturated rings. The molecular weight excluding hydrogens is 414 g/mol. The van der Waals surface area contributed by atoms with Crippen molar-refractivity contribution in [3.8, 4) is 0 Å². The van der Waals surface area contributed by atoms with Gasteiger partial charge in [-0.3, -0.25) is 4.79 Å². The Hall–Kier alpha value is -1.90. The Kier molecular flexibility index (Phi) is 8.24. The molecule has 0 aliphatic rings. The van der Waals surface area contributed by atoms with Gasteiger partial charge in [0.25, 0.3) is 0 Å². The van der Waals surface area contributed by atoms with Crippen molar-refractivity contribution in [3.05, 3.63) is 46.7 Å². The van der Waals surface area contributed by atoms with Crippen LogP contribution in [0.5, 0.6) is 0 Å². The van der Waals surface area contributed by atoms with E-state index in [4.69, 9.17) is 16.3 Å². The van der Waals surface area contributed by atoms with E-state index in [0.29, 0.717) is 36.0 Å². The summed E-state index contributed by atoms with van der Waals surface area (Å²) < 4.78 is 32.9. The Morgan fingerprint density at radius 3 is 2.59 bits per heavy atom. The van der Waals surface area contributed by atoms with Gasteiger partial charge in [-0.1, -0.05) is 43.6 Å². The topological polar surface area (TPSA) is 81.5 Å². The van der Waals surface area contributed by atoms with Crippen molar-refractivity contribution in [2.75, 3.05) is 20.3 Å². The number of sulfone groups is 1. The smallest absolute Gasteiger partial charge is 0.228 e. The molecule has 29 heavy (non-hydrogen) atoms. The number of amides is 1. The second kappa shape index (κ2) is 10.2. The van der Waals surface area contributed by atoms with Crippen molar-refractivity contribution in [1.82, 2.24) is 14.5 Å². The molecule has 0 saturated carbocycles. The summed E-state index contributed by atoms with van der Waals surface area (Å²) in [6.07, 6.45) is 1.52. The Balaban J connectivity index is 2.39. The monoisotopic (exact) mass is 441 g/mol. The number of benzene rings is 1. The van der Waals surface area contributed by atoms with Gasteiger partial charge in [-0.05, 0) is 18.6 Å². The van der Waals surface area contributed by atoms with Gasteiger partial charge < -0.3 is 14.2 Å². The number of carbonyl (C=O) groups excluding carboxylic acids is 1. The van der Waals surface area contributed by atoms with Crippen LogP contribution >= 0.6 is 11.6 Å². The van der Waals surface area contributed by atoms with E-state index in [0.717, 1.165) is 0 Å². The number of hydrogen-bond acceptors (Lipinski definition) is 5. The molecule has 0 bridgehead atoms. The minimum Gasteiger partial charge on any atom is -0.383 e. The fourth-order valence-corrected chi connectivity index (χ4v) is 4.81. The van der Waals surface area contributed by atoms with Gasteiger partial charge in [0.2, 0.25) is 20.9 Å². The first-order chi connectivity index (χ1) is 13.7. The molecule has 0 atom stereocenters. The van der Waals surface area contributed by atoms with Crippen LogP contribution in [-0.2, 0) is 38.2 Å². The van der Waals surface area contributed by atoms with Gasteiger partial charge >= 0.3 is 0 Å². The van der Waals surface area contributed by atoms with Gasteiger partial charge in [0.05, 0.1) is 30.8 Å². The molecule has 160 valence electrons. The molecule has 7 nitrogen and oxygen atoms in total. The number of ether oxygens (including phenoxy) is 1. The molecule has 2 aromatic rings. The van der Waals surface area contributed by atoms with Gasteiger partial charge in [-0.2, -0.15) is 0 Å². The van der Waals surface area contributed by atoms with Crippen LogP contribution in [0, 0.1) is 5.92 Å². The molecule has 0 aliphatic carbocycles. The molecule has 1 aromatic carbocycles. The highest BCUT2D eigenvalue weighted by atomic mass is 35.5. The Labute approximate surface area is 177 Å². The van der Waals surface area contributed by atoms with E-state index in [-0.39, 0.29) is 29.3 Å². The summed E-state index contributed by atoms with van der Waals surface area (Å²) in [7, 11) is -2.20. The van der Waals surface area contributed by atoms with E-state index < -0.39 is 9.84 Å². The van der Waals surface area contributed by atoms with Gasteiger partial charge in [-0.15, -0.1) is 0 Å². The fraction of sp³-hybridized carbons (Fsp3) is 0.500. The lowest BCUT2D eigenvalue weighted by atomic mass is 10.2. The summed E-state index contributed by atoms with van der Waals surface area (Å²) in [6, 6.07) is 6.84. The molecule has 2 rings (SSSR count). The molecule has 0 unspecified atom stereocenters. The number of rotatable bonds is 10. The first kappa shape index (κ1) is 23.4. The summed E-state index contributed by atoms with van der Waals surface area (Å²) in [5.74, 6) is -0.389. The highest BCUT2D eigenvalue weighted by Gasteiger charge is 2.26. The van der Waals surface area contributed by atoms with Gasteiger partial charge in [0.15, 0.2) is 0 Å². The van der Waals surface area contributed by atoms with Gasteiger partial charge in [0.1, 0.15) is 0 Å². The molecule has 1 heterocycles. The number of imidazole rings is 1. The van der Waals surface area contributed by atoms with Crippen molar-refractivity contribution < 1.29 is 17.9 Å². The molecule has 9 heteroatoms. The van der Waals surface area contributed by atoms with Crippen molar-refractivity contribution in [2.45, 2.75) is 44.8 Å². The van der Waals surface area contributed by atoms with Crippen LogP contribution in [0.4, 0.5) is 0 Å². The first-order valence-electron chi connectivity index (χ1n) is 9.49. The largest absolute Gasteiger partial charge is 0.383 e. The number of halogens is 1. The van der Waals surface area contributed by atoms with Crippen LogP contribution in [-0.4, -0.2) is 49.0 Å². The molecule has 0 saturated heterocycles. The van der Waals surface area contributed by atoms with Gasteiger partial charge in [-0.25, -0.2) is 13.4 Å². The third-order valence-electron chi connectivity index (χ3n) is 4.54. The highest BCUT2D eigenvalue weighted by molar-refractivity contribution is 7.90. The summed E-state index contributed by atoms with van der Waals surface area (Å²) in [6.45, 7) is 7.02. The van der Waals surface area contributed by atoms with E-state index >= 15 is 0 Å². The fourth-order valence-electron chi connectivity index (χ4n) is 2.98. The predicted molar refractivity (Wildman–Crippen MR) is 112 cm³/mol. The molecular formula is C20H28ClN3O4S. The highest BCUT2D eigenvalue weighted by Crippen LogP contribution is 2.23. The number of aromatic nitrogens is 2. The molecule has 0 N–H and O–H groups in total. The quantitative estimate of drug-likeness (QED) is 0.565. The first-order valence-corrected chi connectivity index (χ1v) is 11.5. The predicted octanol–water partition coefficient (Wildman–Crippen LogP) is 3.16. The lowest BCUT2D eigenvalue weighted by Gasteiger charge is -2.23. The van der Waals surface area contributed by atoms with E-state index in [9.17, 15) is 13.2 Å². The van der Waals surface area contributed by atoms with Crippen LogP contribution in [0.15, 0.2) is 35.6 Å².